The van der Waals surface area contributed by atoms with E-state index in [0.717, 1.165) is 27.9 Å². The Morgan fingerprint density at radius 1 is 1.09 bits per heavy atom. The number of hydrogen-bond donors (Lipinski definition) is 1. The Bertz CT molecular complexity index is 793. The van der Waals surface area contributed by atoms with Crippen molar-refractivity contribution in [3.8, 4) is 5.75 Å². The molecule has 2 aromatic carbocycles. The van der Waals surface area contributed by atoms with Crippen LogP contribution in [0.2, 0.25) is 0 Å². The monoisotopic (exact) mass is 292 g/mol. The van der Waals surface area contributed by atoms with Crippen LogP contribution < -0.4 is 10.1 Å². The fourth-order valence-corrected chi connectivity index (χ4v) is 2.72. The fourth-order valence-electron chi connectivity index (χ4n) is 2.72. The van der Waals surface area contributed by atoms with E-state index in [4.69, 9.17) is 4.74 Å². The number of hydrogen-bond acceptors (Lipinski definition) is 3. The second kappa shape index (κ2) is 6.06. The van der Waals surface area contributed by atoms with E-state index >= 15 is 0 Å². The molecule has 0 aliphatic heterocycles. The van der Waals surface area contributed by atoms with Gasteiger partial charge in [0, 0.05) is 17.1 Å². The first-order valence-corrected chi connectivity index (χ1v) is 7.44. The average Bonchev–Trinajstić information content (AvgIpc) is 2.55. The molecule has 0 aliphatic rings. The third kappa shape index (κ3) is 2.75. The van der Waals surface area contributed by atoms with Gasteiger partial charge in [-0.3, -0.25) is 4.98 Å². The standard InChI is InChI=1S/C19H20N2O/c1-13-9-10-18(22-3)16(12-13)14(2)21-17-8-4-6-15-7-5-11-20-19(15)17/h4-12,14,21H,1-3H3. The summed E-state index contributed by atoms with van der Waals surface area (Å²) in [6.45, 7) is 4.23. The quantitative estimate of drug-likeness (QED) is 0.755. The molecule has 0 saturated heterocycles. The number of nitrogens with zero attached hydrogens (tertiary/aromatic N) is 1. The molecule has 3 rings (SSSR count). The predicted molar refractivity (Wildman–Crippen MR) is 91.5 cm³/mol. The number of nitrogens with one attached hydrogen (secondary N) is 1. The molecule has 3 nitrogen and oxygen atoms in total. The summed E-state index contributed by atoms with van der Waals surface area (Å²) in [5.74, 6) is 0.902. The van der Waals surface area contributed by atoms with E-state index in [-0.39, 0.29) is 6.04 Å². The van der Waals surface area contributed by atoms with Crippen LogP contribution in [0.3, 0.4) is 0 Å². The Morgan fingerprint density at radius 2 is 1.91 bits per heavy atom. The van der Waals surface area contributed by atoms with Gasteiger partial charge in [-0.05, 0) is 32.0 Å². The van der Waals surface area contributed by atoms with Gasteiger partial charge in [0.1, 0.15) is 5.75 Å². The Hall–Kier alpha value is -2.55. The number of fused-ring (bicyclic) bond motifs is 1. The predicted octanol–water partition coefficient (Wildman–Crippen LogP) is 4.72. The van der Waals surface area contributed by atoms with Gasteiger partial charge < -0.3 is 10.1 Å². The molecule has 0 amide bonds. The summed E-state index contributed by atoms with van der Waals surface area (Å²) in [5.41, 5.74) is 4.40. The molecule has 0 spiro atoms. The molecule has 0 fully saturated rings. The van der Waals surface area contributed by atoms with E-state index in [1.54, 1.807) is 7.11 Å². The van der Waals surface area contributed by atoms with Crippen molar-refractivity contribution in [2.75, 3.05) is 12.4 Å². The maximum atomic E-state index is 5.49. The molecule has 0 aliphatic carbocycles. The molecule has 3 heteroatoms. The van der Waals surface area contributed by atoms with Gasteiger partial charge in [-0.1, -0.05) is 35.9 Å². The summed E-state index contributed by atoms with van der Waals surface area (Å²) in [7, 11) is 1.71. The highest BCUT2D eigenvalue weighted by Gasteiger charge is 2.13. The first-order chi connectivity index (χ1) is 10.7. The van der Waals surface area contributed by atoms with Crippen molar-refractivity contribution in [2.45, 2.75) is 19.9 Å². The number of methoxy groups -OCH3 is 1. The van der Waals surface area contributed by atoms with Crippen LogP contribution in [0.15, 0.2) is 54.7 Å². The largest absolute Gasteiger partial charge is 0.496 e. The highest BCUT2D eigenvalue weighted by molar-refractivity contribution is 5.90. The fraction of sp³-hybridized carbons (Fsp3) is 0.211. The van der Waals surface area contributed by atoms with Crippen LogP contribution in [0.1, 0.15) is 24.1 Å². The van der Waals surface area contributed by atoms with Crippen molar-refractivity contribution < 1.29 is 4.74 Å². The summed E-state index contributed by atoms with van der Waals surface area (Å²) in [6, 6.07) is 16.6. The SMILES string of the molecule is COc1ccc(C)cc1C(C)Nc1cccc2cccnc12. The van der Waals surface area contributed by atoms with Crippen LogP contribution in [-0.2, 0) is 0 Å². The Kier molecular flexibility index (Phi) is 3.96. The van der Waals surface area contributed by atoms with Gasteiger partial charge in [0.15, 0.2) is 0 Å². The average molecular weight is 292 g/mol. The van der Waals surface area contributed by atoms with Crippen molar-refractivity contribution in [3.63, 3.8) is 0 Å². The van der Waals surface area contributed by atoms with Crippen LogP contribution in [0.25, 0.3) is 10.9 Å². The Labute approximate surface area is 131 Å². The van der Waals surface area contributed by atoms with E-state index in [2.05, 4.69) is 54.5 Å². The normalized spacial score (nSPS) is 12.1. The van der Waals surface area contributed by atoms with Crippen LogP contribution in [0.5, 0.6) is 5.75 Å². The van der Waals surface area contributed by atoms with Crippen LogP contribution in [0.4, 0.5) is 5.69 Å². The number of aromatic nitrogens is 1. The topological polar surface area (TPSA) is 34.1 Å². The Balaban J connectivity index is 1.97. The van der Waals surface area contributed by atoms with Gasteiger partial charge in [-0.25, -0.2) is 0 Å². The molecule has 3 aromatic rings. The smallest absolute Gasteiger partial charge is 0.124 e. The number of pyridine rings is 1. The molecule has 0 bridgehead atoms. The second-order valence-electron chi connectivity index (χ2n) is 5.49. The lowest BCUT2D eigenvalue weighted by atomic mass is 10.0. The number of aryl methyl sites for hydroxylation is 1. The zero-order valence-electron chi connectivity index (χ0n) is 13.1. The zero-order chi connectivity index (χ0) is 15.5. The molecule has 1 aromatic heterocycles. The molecule has 0 radical (unpaired) electrons. The van der Waals surface area contributed by atoms with Gasteiger partial charge in [-0.15, -0.1) is 0 Å². The second-order valence-corrected chi connectivity index (χ2v) is 5.49. The van der Waals surface area contributed by atoms with E-state index in [1.807, 2.05) is 24.4 Å². The minimum atomic E-state index is 0.127. The summed E-state index contributed by atoms with van der Waals surface area (Å²) in [6.07, 6.45) is 1.82. The molecule has 22 heavy (non-hydrogen) atoms. The number of rotatable bonds is 4. The lowest BCUT2D eigenvalue weighted by Crippen LogP contribution is -2.09. The van der Waals surface area contributed by atoms with Gasteiger partial charge in [-0.2, -0.15) is 0 Å². The lowest BCUT2D eigenvalue weighted by Gasteiger charge is -2.19. The maximum absolute atomic E-state index is 5.49. The number of anilines is 1. The summed E-state index contributed by atoms with van der Waals surface area (Å²) in [5, 5.41) is 4.70. The van der Waals surface area contributed by atoms with Crippen molar-refractivity contribution in [1.82, 2.24) is 4.98 Å². The van der Waals surface area contributed by atoms with E-state index in [0.29, 0.717) is 0 Å². The third-order valence-electron chi connectivity index (χ3n) is 3.86. The molecule has 112 valence electrons. The lowest BCUT2D eigenvalue weighted by molar-refractivity contribution is 0.408. The molecular weight excluding hydrogens is 272 g/mol. The van der Waals surface area contributed by atoms with Crippen molar-refractivity contribution >= 4 is 16.6 Å². The summed E-state index contributed by atoms with van der Waals surface area (Å²) < 4.78 is 5.49. The summed E-state index contributed by atoms with van der Waals surface area (Å²) >= 11 is 0. The first-order valence-electron chi connectivity index (χ1n) is 7.44. The molecule has 0 saturated carbocycles. The van der Waals surface area contributed by atoms with Crippen molar-refractivity contribution in [3.05, 3.63) is 65.9 Å². The van der Waals surface area contributed by atoms with Crippen LogP contribution >= 0.6 is 0 Å². The minimum absolute atomic E-state index is 0.127. The molecular formula is C19H20N2O. The van der Waals surface area contributed by atoms with Crippen LogP contribution in [0, 0.1) is 6.92 Å². The number of ether oxygens (including phenoxy) is 1. The van der Waals surface area contributed by atoms with Crippen molar-refractivity contribution in [1.29, 1.82) is 0 Å². The van der Waals surface area contributed by atoms with Gasteiger partial charge >= 0.3 is 0 Å². The van der Waals surface area contributed by atoms with Gasteiger partial charge in [0.2, 0.25) is 0 Å². The van der Waals surface area contributed by atoms with E-state index in [9.17, 15) is 0 Å². The number of benzene rings is 2. The minimum Gasteiger partial charge on any atom is -0.496 e. The molecule has 1 heterocycles. The first kappa shape index (κ1) is 14.4. The molecule has 1 N–H and O–H groups in total. The highest BCUT2D eigenvalue weighted by atomic mass is 16.5. The summed E-state index contributed by atoms with van der Waals surface area (Å²) in [4.78, 5) is 4.49. The van der Waals surface area contributed by atoms with Crippen LogP contribution in [-0.4, -0.2) is 12.1 Å². The van der Waals surface area contributed by atoms with Gasteiger partial charge in [0.25, 0.3) is 0 Å². The highest BCUT2D eigenvalue weighted by Crippen LogP contribution is 2.30. The van der Waals surface area contributed by atoms with E-state index in [1.165, 1.54) is 5.56 Å². The zero-order valence-corrected chi connectivity index (χ0v) is 13.1. The van der Waals surface area contributed by atoms with Crippen molar-refractivity contribution in [2.24, 2.45) is 0 Å². The Morgan fingerprint density at radius 3 is 2.73 bits per heavy atom. The third-order valence-corrected chi connectivity index (χ3v) is 3.86. The number of para-hydroxylation sites is 1. The molecule has 1 atom stereocenters. The maximum Gasteiger partial charge on any atom is 0.124 e. The van der Waals surface area contributed by atoms with E-state index < -0.39 is 0 Å². The molecule has 1 unspecified atom stereocenters. The van der Waals surface area contributed by atoms with Gasteiger partial charge in [0.05, 0.1) is 24.4 Å².